The average molecular weight is 620 g/mol. The highest BCUT2D eigenvalue weighted by Crippen LogP contribution is 2.43. The highest BCUT2D eigenvalue weighted by molar-refractivity contribution is 7.89. The zero-order valence-corrected chi connectivity index (χ0v) is 22.2. The van der Waals surface area contributed by atoms with Crippen molar-refractivity contribution in [1.82, 2.24) is 24.8 Å². The number of nitrogens with one attached hydrogen (secondary N) is 1. The van der Waals surface area contributed by atoms with Crippen molar-refractivity contribution in [1.29, 1.82) is 0 Å². The average Bonchev–Trinajstić information content (AvgIpc) is 3.49. The van der Waals surface area contributed by atoms with Gasteiger partial charge in [0.1, 0.15) is 16.6 Å². The number of likely N-dealkylation sites (tertiary alicyclic amines) is 1. The molecule has 1 aromatic carbocycles. The monoisotopic (exact) mass is 619 g/mol. The number of benzene rings is 1. The summed E-state index contributed by atoms with van der Waals surface area (Å²) in [6.07, 6.45) is -4.93. The summed E-state index contributed by atoms with van der Waals surface area (Å²) in [6.45, 7) is 0.132. The summed E-state index contributed by atoms with van der Waals surface area (Å²) >= 11 is 13.4. The van der Waals surface area contributed by atoms with Gasteiger partial charge in [0.05, 0.1) is 14.9 Å². The fourth-order valence-electron chi connectivity index (χ4n) is 3.47. The molecule has 0 aliphatic carbocycles. The Hall–Kier alpha value is -2.40. The second-order valence-electron chi connectivity index (χ2n) is 8.21. The Labute approximate surface area is 226 Å². The van der Waals surface area contributed by atoms with Gasteiger partial charge in [-0.2, -0.15) is 17.9 Å². The zero-order chi connectivity index (χ0) is 28.0. The zero-order valence-electron chi connectivity index (χ0n) is 19.0. The molecule has 0 bridgehead atoms. The summed E-state index contributed by atoms with van der Waals surface area (Å²) in [5.74, 6) is -3.68. The van der Waals surface area contributed by atoms with Crippen LogP contribution in [0.15, 0.2) is 27.8 Å². The number of halogens is 7. The summed E-state index contributed by atoms with van der Waals surface area (Å²) in [7, 11) is -4.76. The molecule has 1 fully saturated rings. The predicted octanol–water partition coefficient (Wildman–Crippen LogP) is 5.27. The third-order valence-corrected chi connectivity index (χ3v) is 9.21. The van der Waals surface area contributed by atoms with Gasteiger partial charge in [0.15, 0.2) is 5.01 Å². The predicted molar refractivity (Wildman–Crippen MR) is 127 cm³/mol. The number of thiazole rings is 1. The molecule has 206 valence electrons. The minimum atomic E-state index is -4.86. The van der Waals surface area contributed by atoms with Gasteiger partial charge in [0, 0.05) is 31.5 Å². The molecule has 0 spiro atoms. The van der Waals surface area contributed by atoms with E-state index in [1.54, 1.807) is 0 Å². The quantitative estimate of drug-likeness (QED) is 0.374. The summed E-state index contributed by atoms with van der Waals surface area (Å²) < 4.78 is 97.8. The Bertz CT molecular complexity index is 1450. The van der Waals surface area contributed by atoms with Crippen LogP contribution in [0.4, 0.5) is 22.0 Å². The van der Waals surface area contributed by atoms with E-state index in [2.05, 4.69) is 15.2 Å². The van der Waals surface area contributed by atoms with E-state index in [1.165, 1.54) is 9.62 Å². The normalized spacial score (nSPS) is 17.0. The number of nitrogens with zero attached hydrogens (tertiary/aromatic N) is 4. The second kappa shape index (κ2) is 10.3. The largest absolute Gasteiger partial charge is 0.422 e. The van der Waals surface area contributed by atoms with Crippen molar-refractivity contribution in [2.75, 3.05) is 13.1 Å². The number of carbonyl (C=O) groups is 1. The molecule has 18 heteroatoms. The van der Waals surface area contributed by atoms with Crippen LogP contribution in [0.3, 0.4) is 0 Å². The van der Waals surface area contributed by atoms with E-state index in [0.29, 0.717) is 6.92 Å². The second-order valence-corrected chi connectivity index (χ2v) is 11.6. The molecule has 9 nitrogen and oxygen atoms in total. The van der Waals surface area contributed by atoms with E-state index >= 15 is 0 Å². The number of alkyl halides is 5. The van der Waals surface area contributed by atoms with Gasteiger partial charge in [-0.15, -0.1) is 21.5 Å². The Morgan fingerprint density at radius 3 is 2.45 bits per heavy atom. The highest BCUT2D eigenvalue weighted by Gasteiger charge is 2.40. The van der Waals surface area contributed by atoms with Crippen LogP contribution in [-0.2, 0) is 10.0 Å². The molecular formula is C20H16Cl2F5N5O4S2. The lowest BCUT2D eigenvalue weighted by atomic mass is 10.1. The van der Waals surface area contributed by atoms with Crippen LogP contribution in [0, 0.1) is 0 Å². The molecule has 2 aromatic heterocycles. The van der Waals surface area contributed by atoms with Gasteiger partial charge < -0.3 is 9.32 Å². The number of piperidine rings is 1. The van der Waals surface area contributed by atoms with Gasteiger partial charge in [-0.3, -0.25) is 4.79 Å². The van der Waals surface area contributed by atoms with Gasteiger partial charge in [0.25, 0.3) is 17.7 Å². The van der Waals surface area contributed by atoms with Crippen molar-refractivity contribution in [3.05, 3.63) is 34.3 Å². The van der Waals surface area contributed by atoms with E-state index in [9.17, 15) is 35.2 Å². The molecule has 3 heterocycles. The maximum Gasteiger partial charge on any atom is 0.404 e. The smallest absolute Gasteiger partial charge is 0.404 e. The van der Waals surface area contributed by atoms with E-state index in [4.69, 9.17) is 27.6 Å². The lowest BCUT2D eigenvalue weighted by Crippen LogP contribution is -2.43. The van der Waals surface area contributed by atoms with Gasteiger partial charge >= 0.3 is 6.18 Å². The van der Waals surface area contributed by atoms with Crippen molar-refractivity contribution < 1.29 is 39.6 Å². The van der Waals surface area contributed by atoms with Gasteiger partial charge in [0.2, 0.25) is 16.4 Å². The van der Waals surface area contributed by atoms with Gasteiger partial charge in [-0.05, 0) is 13.0 Å². The minimum absolute atomic E-state index is 0.0217. The van der Waals surface area contributed by atoms with Crippen LogP contribution in [-0.4, -0.2) is 65.6 Å². The Balaban J connectivity index is 1.76. The molecular weight excluding hydrogens is 604 g/mol. The van der Waals surface area contributed by atoms with E-state index in [-0.39, 0.29) is 40.1 Å². The third kappa shape index (κ3) is 5.78. The van der Waals surface area contributed by atoms with E-state index in [1.807, 2.05) is 0 Å². The Morgan fingerprint density at radius 1 is 1.21 bits per heavy atom. The molecule has 1 aliphatic rings. The first-order chi connectivity index (χ1) is 17.6. The first-order valence-electron chi connectivity index (χ1n) is 10.6. The van der Waals surface area contributed by atoms with Crippen LogP contribution in [0.1, 0.15) is 30.3 Å². The van der Waals surface area contributed by atoms with Crippen LogP contribution < -0.4 is 4.72 Å². The summed E-state index contributed by atoms with van der Waals surface area (Å²) in [4.78, 5) is 18.1. The standard InChI is InChI=1S/C20H16Cl2F5N5O4S2/c1-9(20(25,26)27)31-38(34,35)11-3-2-10(12(21)13(11)22)15-14(29-17(37-15)16-30-28-8-36-16)18(33)32-6-4-19(23,24)5-7-32/h2-3,8-9,31H,4-7H2,1H3. The van der Waals surface area contributed by atoms with E-state index < -0.39 is 61.9 Å². The Morgan fingerprint density at radius 2 is 1.87 bits per heavy atom. The first-order valence-corrected chi connectivity index (χ1v) is 13.7. The highest BCUT2D eigenvalue weighted by atomic mass is 35.5. The number of carbonyl (C=O) groups excluding carboxylic acids is 1. The Kier molecular flexibility index (Phi) is 7.75. The molecule has 1 aliphatic heterocycles. The fraction of sp³-hybridized carbons (Fsp3) is 0.400. The number of sulfonamides is 1. The van der Waals surface area contributed by atoms with Crippen LogP contribution in [0.5, 0.6) is 0 Å². The molecule has 1 saturated heterocycles. The van der Waals surface area contributed by atoms with Crippen molar-refractivity contribution in [2.24, 2.45) is 0 Å². The lowest BCUT2D eigenvalue weighted by Gasteiger charge is -2.31. The first kappa shape index (κ1) is 28.6. The maximum atomic E-state index is 13.6. The number of rotatable bonds is 6. The lowest BCUT2D eigenvalue weighted by molar-refractivity contribution is -0.147. The van der Waals surface area contributed by atoms with Gasteiger partial charge in [-0.1, -0.05) is 29.3 Å². The van der Waals surface area contributed by atoms with Crippen molar-refractivity contribution in [2.45, 2.75) is 42.8 Å². The summed E-state index contributed by atoms with van der Waals surface area (Å²) in [5, 5.41) is 6.35. The third-order valence-electron chi connectivity index (χ3n) is 5.56. The number of hydrogen-bond donors (Lipinski definition) is 1. The maximum absolute atomic E-state index is 13.6. The molecule has 3 aromatic rings. The number of amides is 1. The molecule has 1 atom stereocenters. The SMILES string of the molecule is CC(NS(=O)(=O)c1ccc(-c2sc(-c3nnco3)nc2C(=O)N2CCC(F)(F)CC2)c(Cl)c1Cl)C(F)(F)F. The molecule has 4 rings (SSSR count). The van der Waals surface area contributed by atoms with E-state index in [0.717, 1.165) is 29.9 Å². The molecule has 1 unspecified atom stereocenters. The minimum Gasteiger partial charge on any atom is -0.422 e. The van der Waals surface area contributed by atoms with Crippen LogP contribution >= 0.6 is 34.5 Å². The summed E-state index contributed by atoms with van der Waals surface area (Å²) in [5.41, 5.74) is -0.195. The van der Waals surface area contributed by atoms with Crippen LogP contribution in [0.25, 0.3) is 21.3 Å². The van der Waals surface area contributed by atoms with Crippen LogP contribution in [0.2, 0.25) is 10.0 Å². The molecule has 0 radical (unpaired) electrons. The topological polar surface area (TPSA) is 118 Å². The number of hydrogen-bond acceptors (Lipinski definition) is 8. The van der Waals surface area contributed by atoms with Crippen molar-refractivity contribution >= 4 is 50.5 Å². The number of aromatic nitrogens is 3. The van der Waals surface area contributed by atoms with Gasteiger partial charge in [-0.25, -0.2) is 22.2 Å². The van der Waals surface area contributed by atoms with Crippen molar-refractivity contribution in [3.63, 3.8) is 0 Å². The molecule has 1 amide bonds. The summed E-state index contributed by atoms with van der Waals surface area (Å²) in [6, 6.07) is -0.342. The fourth-order valence-corrected chi connectivity index (χ4v) is 6.64. The molecule has 0 saturated carbocycles. The molecule has 1 N–H and O–H groups in total. The molecule has 38 heavy (non-hydrogen) atoms. The van der Waals surface area contributed by atoms with Crippen molar-refractivity contribution in [3.8, 4) is 21.3 Å².